The maximum Gasteiger partial charge on any atom is 0.157 e. The van der Waals surface area contributed by atoms with E-state index in [9.17, 15) is 10.2 Å². The lowest BCUT2D eigenvalue weighted by atomic mass is 10.1. The van der Waals surface area contributed by atoms with E-state index in [1.54, 1.807) is 6.07 Å². The van der Waals surface area contributed by atoms with Crippen LogP contribution in [0.5, 0.6) is 11.5 Å². The van der Waals surface area contributed by atoms with Crippen molar-refractivity contribution >= 4 is 11.8 Å². The highest BCUT2D eigenvalue weighted by atomic mass is 32.2. The molecular weight excluding hydrogens is 246 g/mol. The molecule has 3 nitrogen and oxygen atoms in total. The highest BCUT2D eigenvalue weighted by Gasteiger charge is 2.32. The van der Waals surface area contributed by atoms with Crippen molar-refractivity contribution in [2.75, 3.05) is 12.8 Å². The lowest BCUT2D eigenvalue weighted by Crippen LogP contribution is -2.34. The van der Waals surface area contributed by atoms with Gasteiger partial charge in [0.2, 0.25) is 0 Å². The minimum absolute atomic E-state index is 0.0465. The Labute approximate surface area is 113 Å². The number of hydrogen-bond acceptors (Lipinski definition) is 4. The fraction of sp³-hybridized carbons (Fsp3) is 0.571. The number of benzene rings is 1. The summed E-state index contributed by atoms with van der Waals surface area (Å²) in [4.78, 5) is 0. The SMILES string of the molecule is CSC1(CNCc2ccc(O)c(O)c2)CCCC1. The zero-order valence-corrected chi connectivity index (χ0v) is 11.6. The van der Waals surface area contributed by atoms with Crippen LogP contribution in [0.15, 0.2) is 18.2 Å². The molecule has 0 heterocycles. The van der Waals surface area contributed by atoms with E-state index in [-0.39, 0.29) is 11.5 Å². The van der Waals surface area contributed by atoms with Crippen LogP contribution < -0.4 is 5.32 Å². The van der Waals surface area contributed by atoms with Gasteiger partial charge in [-0.25, -0.2) is 0 Å². The van der Waals surface area contributed by atoms with E-state index in [1.807, 2.05) is 17.8 Å². The van der Waals surface area contributed by atoms with Gasteiger partial charge in [-0.1, -0.05) is 18.9 Å². The summed E-state index contributed by atoms with van der Waals surface area (Å²) in [5.41, 5.74) is 1.000. The molecule has 0 aromatic heterocycles. The first-order valence-corrected chi connectivity index (χ1v) is 7.64. The first kappa shape index (κ1) is 13.6. The maximum atomic E-state index is 9.43. The van der Waals surface area contributed by atoms with Gasteiger partial charge < -0.3 is 15.5 Å². The number of aromatic hydroxyl groups is 2. The molecule has 100 valence electrons. The van der Waals surface area contributed by atoms with Gasteiger partial charge in [-0.2, -0.15) is 11.8 Å². The Hall–Kier alpha value is -0.870. The molecule has 3 N–H and O–H groups in total. The molecule has 1 aromatic rings. The summed E-state index contributed by atoms with van der Waals surface area (Å²) in [7, 11) is 0. The number of rotatable bonds is 5. The zero-order chi connectivity index (χ0) is 13.0. The van der Waals surface area contributed by atoms with Crippen LogP contribution in [-0.2, 0) is 6.54 Å². The van der Waals surface area contributed by atoms with E-state index < -0.39 is 0 Å². The third-order valence-electron chi connectivity index (χ3n) is 3.76. The van der Waals surface area contributed by atoms with Crippen LogP contribution in [0, 0.1) is 0 Å². The third-order valence-corrected chi connectivity index (χ3v) is 5.18. The molecule has 0 atom stereocenters. The zero-order valence-electron chi connectivity index (χ0n) is 10.8. The van der Waals surface area contributed by atoms with Crippen molar-refractivity contribution in [2.45, 2.75) is 37.0 Å². The summed E-state index contributed by atoms with van der Waals surface area (Å²) < 4.78 is 0.402. The molecule has 2 rings (SSSR count). The quantitative estimate of drug-likeness (QED) is 0.718. The Morgan fingerprint density at radius 1 is 1.22 bits per heavy atom. The van der Waals surface area contributed by atoms with Crippen LogP contribution in [-0.4, -0.2) is 27.8 Å². The van der Waals surface area contributed by atoms with Crippen molar-refractivity contribution in [3.63, 3.8) is 0 Å². The lowest BCUT2D eigenvalue weighted by Gasteiger charge is -2.27. The fourth-order valence-corrected chi connectivity index (χ4v) is 3.53. The molecule has 0 aliphatic heterocycles. The van der Waals surface area contributed by atoms with Gasteiger partial charge in [0.1, 0.15) is 0 Å². The van der Waals surface area contributed by atoms with Crippen LogP contribution in [0.25, 0.3) is 0 Å². The summed E-state index contributed by atoms with van der Waals surface area (Å²) >= 11 is 1.97. The van der Waals surface area contributed by atoms with Crippen molar-refractivity contribution in [3.8, 4) is 11.5 Å². The first-order chi connectivity index (χ1) is 8.65. The van der Waals surface area contributed by atoms with Gasteiger partial charge in [0.05, 0.1) is 0 Å². The molecule has 1 saturated carbocycles. The lowest BCUT2D eigenvalue weighted by molar-refractivity contribution is 0.403. The van der Waals surface area contributed by atoms with E-state index in [0.717, 1.165) is 18.7 Å². The molecule has 0 bridgehead atoms. The molecule has 1 aromatic carbocycles. The summed E-state index contributed by atoms with van der Waals surface area (Å²) in [6.07, 6.45) is 7.45. The number of thioether (sulfide) groups is 1. The maximum absolute atomic E-state index is 9.43. The second kappa shape index (κ2) is 5.85. The van der Waals surface area contributed by atoms with E-state index in [0.29, 0.717) is 4.75 Å². The van der Waals surface area contributed by atoms with E-state index in [4.69, 9.17) is 0 Å². The minimum atomic E-state index is -0.0601. The molecular formula is C14H21NO2S. The summed E-state index contributed by atoms with van der Waals surface area (Å²) in [6, 6.07) is 4.98. The Morgan fingerprint density at radius 3 is 2.56 bits per heavy atom. The highest BCUT2D eigenvalue weighted by molar-refractivity contribution is 8.00. The van der Waals surface area contributed by atoms with Gasteiger partial charge in [0, 0.05) is 17.8 Å². The van der Waals surface area contributed by atoms with Crippen LogP contribution in [0.2, 0.25) is 0 Å². The van der Waals surface area contributed by atoms with Crippen molar-refractivity contribution in [2.24, 2.45) is 0 Å². The average Bonchev–Trinajstić information content (AvgIpc) is 2.83. The molecule has 18 heavy (non-hydrogen) atoms. The highest BCUT2D eigenvalue weighted by Crippen LogP contribution is 2.39. The first-order valence-electron chi connectivity index (χ1n) is 6.42. The van der Waals surface area contributed by atoms with E-state index in [1.165, 1.54) is 31.7 Å². The summed E-state index contributed by atoms with van der Waals surface area (Å²) in [5.74, 6) is -0.107. The molecule has 0 spiro atoms. The van der Waals surface area contributed by atoms with Crippen molar-refractivity contribution in [3.05, 3.63) is 23.8 Å². The molecule has 0 saturated heterocycles. The molecule has 0 radical (unpaired) electrons. The van der Waals surface area contributed by atoms with Crippen molar-refractivity contribution in [1.29, 1.82) is 0 Å². The van der Waals surface area contributed by atoms with Gasteiger partial charge in [-0.3, -0.25) is 0 Å². The number of nitrogens with one attached hydrogen (secondary N) is 1. The minimum Gasteiger partial charge on any atom is -0.504 e. The van der Waals surface area contributed by atoms with Gasteiger partial charge in [-0.15, -0.1) is 0 Å². The molecule has 0 unspecified atom stereocenters. The van der Waals surface area contributed by atoms with E-state index in [2.05, 4.69) is 11.6 Å². The molecule has 4 heteroatoms. The Balaban J connectivity index is 1.86. The van der Waals surface area contributed by atoms with E-state index >= 15 is 0 Å². The van der Waals surface area contributed by atoms with Crippen LogP contribution in [0.4, 0.5) is 0 Å². The second-order valence-electron chi connectivity index (χ2n) is 5.02. The molecule has 1 aliphatic carbocycles. The molecule has 1 fully saturated rings. The fourth-order valence-electron chi connectivity index (χ4n) is 2.59. The number of phenolic OH excluding ortho intramolecular Hbond substituents is 2. The Bertz CT molecular complexity index is 403. The monoisotopic (exact) mass is 267 g/mol. The molecule has 1 aliphatic rings. The summed E-state index contributed by atoms with van der Waals surface area (Å²) in [6.45, 7) is 1.74. The second-order valence-corrected chi connectivity index (χ2v) is 6.30. The summed E-state index contributed by atoms with van der Waals surface area (Å²) in [5, 5.41) is 22.1. The van der Waals surface area contributed by atoms with Crippen LogP contribution in [0.3, 0.4) is 0 Å². The van der Waals surface area contributed by atoms with Gasteiger partial charge in [0.15, 0.2) is 11.5 Å². The Morgan fingerprint density at radius 2 is 1.94 bits per heavy atom. The average molecular weight is 267 g/mol. The predicted octanol–water partition coefficient (Wildman–Crippen LogP) is 2.86. The topological polar surface area (TPSA) is 52.5 Å². The third kappa shape index (κ3) is 3.12. The van der Waals surface area contributed by atoms with Crippen molar-refractivity contribution in [1.82, 2.24) is 5.32 Å². The normalized spacial score (nSPS) is 18.1. The van der Waals surface area contributed by atoms with Gasteiger partial charge >= 0.3 is 0 Å². The van der Waals surface area contributed by atoms with Crippen LogP contribution in [0.1, 0.15) is 31.2 Å². The largest absolute Gasteiger partial charge is 0.504 e. The molecule has 0 amide bonds. The van der Waals surface area contributed by atoms with Gasteiger partial charge in [0.25, 0.3) is 0 Å². The smallest absolute Gasteiger partial charge is 0.157 e. The van der Waals surface area contributed by atoms with Crippen molar-refractivity contribution < 1.29 is 10.2 Å². The van der Waals surface area contributed by atoms with Gasteiger partial charge in [-0.05, 0) is 36.8 Å². The Kier molecular flexibility index (Phi) is 4.40. The van der Waals surface area contributed by atoms with Crippen LogP contribution >= 0.6 is 11.8 Å². The number of hydrogen-bond donors (Lipinski definition) is 3. The number of phenols is 2. The standard InChI is InChI=1S/C14H21NO2S/c1-18-14(6-2-3-7-14)10-15-9-11-4-5-12(16)13(17)8-11/h4-5,8,15-17H,2-3,6-7,9-10H2,1H3. The predicted molar refractivity (Wildman–Crippen MR) is 76.2 cm³/mol.